The summed E-state index contributed by atoms with van der Waals surface area (Å²) in [4.78, 5) is 49.0. The van der Waals surface area contributed by atoms with Crippen LogP contribution in [-0.2, 0) is 17.9 Å². The number of methoxy groups -OCH3 is 2. The zero-order valence-corrected chi connectivity index (χ0v) is 27.0. The number of rotatable bonds is 11. The highest BCUT2D eigenvalue weighted by Gasteiger charge is 2.37. The SMILES string of the molecule is COc1cc(OC)c(Cl)c(N2Cc3cnc(Nc4ccncn4)nc3N(Cc3cccc(NC(=O)/C=C/CN(C)C)c3)C2=O)c1Cl. The number of amides is 3. The van der Waals surface area contributed by atoms with Gasteiger partial charge in [-0.05, 0) is 37.9 Å². The van der Waals surface area contributed by atoms with Crippen molar-refractivity contribution in [1.29, 1.82) is 0 Å². The Morgan fingerprint density at radius 3 is 2.52 bits per heavy atom. The molecule has 0 saturated carbocycles. The normalized spacial score (nSPS) is 12.8. The second-order valence-electron chi connectivity index (χ2n) is 10.3. The summed E-state index contributed by atoms with van der Waals surface area (Å²) in [6.45, 7) is 0.774. The summed E-state index contributed by atoms with van der Waals surface area (Å²) in [5.74, 6) is 1.38. The van der Waals surface area contributed by atoms with Crippen molar-refractivity contribution in [3.63, 3.8) is 0 Å². The van der Waals surface area contributed by atoms with Gasteiger partial charge in [-0.2, -0.15) is 4.98 Å². The van der Waals surface area contributed by atoms with Crippen LogP contribution in [0.2, 0.25) is 10.0 Å². The molecule has 0 spiro atoms. The van der Waals surface area contributed by atoms with Gasteiger partial charge in [-0.25, -0.2) is 19.7 Å². The van der Waals surface area contributed by atoms with Crippen LogP contribution in [-0.4, -0.2) is 71.6 Å². The molecule has 1 aliphatic rings. The molecular weight excluding hydrogens is 633 g/mol. The van der Waals surface area contributed by atoms with E-state index in [9.17, 15) is 9.59 Å². The molecule has 4 aromatic rings. The Bertz CT molecular complexity index is 1740. The first-order valence-electron chi connectivity index (χ1n) is 14.0. The summed E-state index contributed by atoms with van der Waals surface area (Å²) in [6, 6.07) is 9.97. The molecule has 2 aromatic carbocycles. The number of benzene rings is 2. The monoisotopic (exact) mass is 663 g/mol. The molecule has 0 atom stereocenters. The van der Waals surface area contributed by atoms with Gasteiger partial charge in [0.25, 0.3) is 0 Å². The Hall–Kier alpha value is -4.98. The third-order valence-corrected chi connectivity index (χ3v) is 7.54. The van der Waals surface area contributed by atoms with E-state index in [-0.39, 0.29) is 52.2 Å². The van der Waals surface area contributed by atoms with Crippen molar-refractivity contribution in [3.8, 4) is 11.5 Å². The summed E-state index contributed by atoms with van der Waals surface area (Å²) in [7, 11) is 6.75. The third kappa shape index (κ3) is 7.28. The molecule has 0 aliphatic carbocycles. The van der Waals surface area contributed by atoms with Gasteiger partial charge in [0.05, 0.1) is 33.0 Å². The Morgan fingerprint density at radius 2 is 1.85 bits per heavy atom. The lowest BCUT2D eigenvalue weighted by atomic mass is 10.1. The fraction of sp³-hybridized carbons (Fsp3) is 0.226. The van der Waals surface area contributed by atoms with Crippen molar-refractivity contribution >= 4 is 64.1 Å². The quantitative estimate of drug-likeness (QED) is 0.197. The molecule has 238 valence electrons. The molecular formula is C31H31Cl2N9O4. The largest absolute Gasteiger partial charge is 0.495 e. The maximum absolute atomic E-state index is 14.4. The average molecular weight is 665 g/mol. The standard InChI is InChI=1S/C31H31Cl2N9O4/c1-40(2)12-6-9-25(43)37-21-8-5-7-19(13-21)16-42-29-20(15-35-30(39-29)38-24-10-11-34-18-36-24)17-41(31(42)44)28-26(32)22(45-3)14-23(46-4)27(28)33/h5-11,13-15,18H,12,16-17H2,1-4H3,(H,37,43)(H,34,35,36,38,39)/b9-6+. The molecule has 1 aliphatic heterocycles. The van der Waals surface area contributed by atoms with Crippen LogP contribution >= 0.6 is 23.2 Å². The van der Waals surface area contributed by atoms with E-state index >= 15 is 0 Å². The van der Waals surface area contributed by atoms with E-state index in [1.807, 2.05) is 25.1 Å². The average Bonchev–Trinajstić information content (AvgIpc) is 3.04. The molecule has 3 heterocycles. The Kier molecular flexibility index (Phi) is 10.2. The minimum absolute atomic E-state index is 0.0591. The number of hydrogen-bond donors (Lipinski definition) is 2. The number of nitrogens with zero attached hydrogens (tertiary/aromatic N) is 7. The Morgan fingerprint density at radius 1 is 1.09 bits per heavy atom. The van der Waals surface area contributed by atoms with Crippen molar-refractivity contribution in [2.45, 2.75) is 13.1 Å². The minimum atomic E-state index is -0.459. The first kappa shape index (κ1) is 32.4. The Labute approximate surface area is 275 Å². The molecule has 13 nitrogen and oxygen atoms in total. The smallest absolute Gasteiger partial charge is 0.330 e. The third-order valence-electron chi connectivity index (χ3n) is 6.80. The van der Waals surface area contributed by atoms with Crippen LogP contribution in [0.15, 0.2) is 67.3 Å². The molecule has 5 rings (SSSR count). The van der Waals surface area contributed by atoms with E-state index in [0.717, 1.165) is 5.56 Å². The topological polar surface area (TPSA) is 138 Å². The summed E-state index contributed by atoms with van der Waals surface area (Å²) in [6.07, 6.45) is 7.85. The number of fused-ring (bicyclic) bond motifs is 1. The highest BCUT2D eigenvalue weighted by Crippen LogP contribution is 2.48. The number of anilines is 5. The second kappa shape index (κ2) is 14.4. The van der Waals surface area contributed by atoms with Crippen molar-refractivity contribution in [3.05, 3.63) is 88.4 Å². The number of halogens is 2. The summed E-state index contributed by atoms with van der Waals surface area (Å²) >= 11 is 13.5. The number of nitrogens with one attached hydrogen (secondary N) is 2. The highest BCUT2D eigenvalue weighted by molar-refractivity contribution is 6.42. The molecule has 3 amide bonds. The predicted octanol–water partition coefficient (Wildman–Crippen LogP) is 5.54. The number of hydrogen-bond acceptors (Lipinski definition) is 10. The van der Waals surface area contributed by atoms with Gasteiger partial charge in [0.2, 0.25) is 11.9 Å². The van der Waals surface area contributed by atoms with Gasteiger partial charge in [-0.3, -0.25) is 14.6 Å². The molecule has 0 radical (unpaired) electrons. The van der Waals surface area contributed by atoms with Gasteiger partial charge in [0.1, 0.15) is 39.5 Å². The number of carbonyl (C=O) groups excluding carboxylic acids is 2. The van der Waals surface area contributed by atoms with Crippen LogP contribution in [0, 0.1) is 0 Å². The summed E-state index contributed by atoms with van der Waals surface area (Å²) < 4.78 is 10.9. The lowest BCUT2D eigenvalue weighted by Crippen LogP contribution is -2.48. The highest BCUT2D eigenvalue weighted by atomic mass is 35.5. The van der Waals surface area contributed by atoms with E-state index in [1.165, 1.54) is 36.4 Å². The van der Waals surface area contributed by atoms with Crippen LogP contribution in [0.4, 0.5) is 33.8 Å². The van der Waals surface area contributed by atoms with E-state index in [1.54, 1.807) is 48.8 Å². The van der Waals surface area contributed by atoms with Crippen molar-refractivity contribution < 1.29 is 19.1 Å². The van der Waals surface area contributed by atoms with Gasteiger partial charge in [-0.15, -0.1) is 0 Å². The molecule has 2 N–H and O–H groups in total. The van der Waals surface area contributed by atoms with E-state index < -0.39 is 6.03 Å². The number of likely N-dealkylation sites (N-methyl/N-ethyl adjacent to an activating group) is 1. The van der Waals surface area contributed by atoms with Crippen molar-refractivity contribution in [2.24, 2.45) is 0 Å². The summed E-state index contributed by atoms with van der Waals surface area (Å²) in [5.41, 5.74) is 2.13. The number of ether oxygens (including phenoxy) is 2. The van der Waals surface area contributed by atoms with E-state index in [0.29, 0.717) is 29.4 Å². The fourth-order valence-electron chi connectivity index (χ4n) is 4.67. The van der Waals surface area contributed by atoms with Crippen LogP contribution in [0.25, 0.3) is 0 Å². The molecule has 46 heavy (non-hydrogen) atoms. The van der Waals surface area contributed by atoms with E-state index in [4.69, 9.17) is 37.7 Å². The maximum Gasteiger partial charge on any atom is 0.330 e. The first-order chi connectivity index (χ1) is 22.2. The lowest BCUT2D eigenvalue weighted by Gasteiger charge is -2.37. The van der Waals surface area contributed by atoms with Crippen LogP contribution < -0.4 is 29.9 Å². The second-order valence-corrected chi connectivity index (χ2v) is 11.1. The van der Waals surface area contributed by atoms with Gasteiger partial charge in [-0.1, -0.05) is 41.4 Å². The molecule has 0 fully saturated rings. The zero-order chi connectivity index (χ0) is 32.8. The van der Waals surface area contributed by atoms with Crippen molar-refractivity contribution in [2.75, 3.05) is 55.3 Å². The van der Waals surface area contributed by atoms with Gasteiger partial charge < -0.3 is 25.0 Å². The molecule has 0 saturated heterocycles. The summed E-state index contributed by atoms with van der Waals surface area (Å²) in [5, 5.41) is 6.19. The molecule has 2 aromatic heterocycles. The molecule has 0 unspecified atom stereocenters. The predicted molar refractivity (Wildman–Crippen MR) is 177 cm³/mol. The molecule has 0 bridgehead atoms. The lowest BCUT2D eigenvalue weighted by molar-refractivity contribution is -0.111. The van der Waals surface area contributed by atoms with Gasteiger partial charge in [0, 0.05) is 42.3 Å². The first-order valence-corrected chi connectivity index (χ1v) is 14.7. The van der Waals surface area contributed by atoms with E-state index in [2.05, 4.69) is 25.6 Å². The number of urea groups is 1. The Balaban J connectivity index is 1.53. The fourth-order valence-corrected chi connectivity index (χ4v) is 5.37. The van der Waals surface area contributed by atoms with Crippen LogP contribution in [0.1, 0.15) is 11.1 Å². The van der Waals surface area contributed by atoms with Gasteiger partial charge >= 0.3 is 6.03 Å². The number of carbonyl (C=O) groups is 2. The van der Waals surface area contributed by atoms with Crippen LogP contribution in [0.5, 0.6) is 11.5 Å². The maximum atomic E-state index is 14.4. The van der Waals surface area contributed by atoms with Crippen molar-refractivity contribution in [1.82, 2.24) is 24.8 Å². The number of aromatic nitrogens is 4. The minimum Gasteiger partial charge on any atom is -0.495 e. The van der Waals surface area contributed by atoms with Crippen LogP contribution in [0.3, 0.4) is 0 Å². The zero-order valence-electron chi connectivity index (χ0n) is 25.5. The van der Waals surface area contributed by atoms with Gasteiger partial charge in [0.15, 0.2) is 0 Å². The molecule has 15 heteroatoms.